The predicted octanol–water partition coefficient (Wildman–Crippen LogP) is 0.777. The van der Waals surface area contributed by atoms with Crippen molar-refractivity contribution < 1.29 is 9.53 Å². The number of carbonyl (C=O) groups excluding carboxylic acids is 1. The maximum absolute atomic E-state index is 12.3. The van der Waals surface area contributed by atoms with Crippen LogP contribution in [0, 0.1) is 17.8 Å². The van der Waals surface area contributed by atoms with Crippen LogP contribution in [-0.2, 0) is 16.1 Å². The van der Waals surface area contributed by atoms with Crippen LogP contribution in [0.15, 0.2) is 12.7 Å². The molecular weight excluding hydrogens is 332 g/mol. The van der Waals surface area contributed by atoms with Crippen molar-refractivity contribution in [3.05, 3.63) is 12.7 Å². The summed E-state index contributed by atoms with van der Waals surface area (Å²) in [5, 5.41) is 0. The maximum atomic E-state index is 12.3. The minimum atomic E-state index is 0.322. The number of imidazole rings is 1. The van der Waals surface area contributed by atoms with Crippen molar-refractivity contribution >= 4 is 22.9 Å². The summed E-state index contributed by atoms with van der Waals surface area (Å²) >= 11 is 0. The van der Waals surface area contributed by atoms with Gasteiger partial charge in [-0.3, -0.25) is 4.79 Å². The van der Waals surface area contributed by atoms with Crippen molar-refractivity contribution in [3.63, 3.8) is 0 Å². The highest BCUT2D eigenvalue weighted by Crippen LogP contribution is 2.38. The number of carbonyl (C=O) groups is 1. The predicted molar refractivity (Wildman–Crippen MR) is 95.7 cm³/mol. The number of aromatic nitrogens is 4. The van der Waals surface area contributed by atoms with Gasteiger partial charge < -0.3 is 19.1 Å². The van der Waals surface area contributed by atoms with Crippen molar-refractivity contribution in [1.29, 1.82) is 0 Å². The van der Waals surface area contributed by atoms with Gasteiger partial charge in [-0.25, -0.2) is 15.0 Å². The Morgan fingerprint density at radius 1 is 1.15 bits per heavy atom. The number of methoxy groups -OCH3 is 1. The van der Waals surface area contributed by atoms with Crippen LogP contribution in [0.1, 0.15) is 12.8 Å². The Morgan fingerprint density at radius 3 is 2.62 bits per heavy atom. The second-order valence-electron chi connectivity index (χ2n) is 7.74. The number of fused-ring (bicyclic) bond motifs is 2. The van der Waals surface area contributed by atoms with Gasteiger partial charge in [0.05, 0.1) is 12.9 Å². The summed E-state index contributed by atoms with van der Waals surface area (Å²) in [5.41, 5.74) is 1.71. The molecule has 138 valence electrons. The molecule has 2 unspecified atom stereocenters. The van der Waals surface area contributed by atoms with Crippen LogP contribution in [0.4, 0.5) is 5.82 Å². The van der Waals surface area contributed by atoms with Gasteiger partial charge in [-0.15, -0.1) is 0 Å². The summed E-state index contributed by atoms with van der Waals surface area (Å²) in [6.07, 6.45) is 5.61. The number of ether oxygens (including phenoxy) is 1. The monoisotopic (exact) mass is 356 g/mol. The zero-order valence-corrected chi connectivity index (χ0v) is 15.0. The Hall–Kier alpha value is -2.22. The first-order valence-electron chi connectivity index (χ1n) is 9.43. The van der Waals surface area contributed by atoms with Crippen LogP contribution in [0.2, 0.25) is 0 Å². The third kappa shape index (κ3) is 2.63. The molecule has 4 heterocycles. The first-order chi connectivity index (χ1) is 12.7. The Bertz CT molecular complexity index is 818. The van der Waals surface area contributed by atoms with Gasteiger partial charge >= 0.3 is 0 Å². The minimum Gasteiger partial charge on any atom is -0.383 e. The number of nitrogens with zero attached hydrogens (tertiary/aromatic N) is 6. The lowest BCUT2D eigenvalue weighted by Gasteiger charge is -2.22. The highest BCUT2D eigenvalue weighted by atomic mass is 16.5. The van der Waals surface area contributed by atoms with E-state index in [9.17, 15) is 4.79 Å². The van der Waals surface area contributed by atoms with Crippen LogP contribution < -0.4 is 4.90 Å². The SMILES string of the molecule is COCCn1cnc2c(N3CC4CN(C(=O)C5CC5)CC4C3)ncnc21. The van der Waals surface area contributed by atoms with E-state index in [0.717, 1.165) is 62.5 Å². The smallest absolute Gasteiger partial charge is 0.225 e. The molecule has 1 saturated carbocycles. The highest BCUT2D eigenvalue weighted by Gasteiger charge is 2.45. The number of amides is 1. The molecule has 0 spiro atoms. The lowest BCUT2D eigenvalue weighted by atomic mass is 10.0. The standard InChI is InChI=1S/C18H24N6O2/c1-26-5-4-22-11-21-15-16(22)19-10-20-17(15)23-6-13-8-24(9-14(13)7-23)18(25)12-2-3-12/h10-14H,2-9H2,1H3. The Labute approximate surface area is 152 Å². The van der Waals surface area contributed by atoms with Crippen LogP contribution in [0.3, 0.4) is 0 Å². The van der Waals surface area contributed by atoms with E-state index in [0.29, 0.717) is 30.3 Å². The van der Waals surface area contributed by atoms with E-state index in [1.807, 2.05) is 10.9 Å². The van der Waals surface area contributed by atoms with E-state index < -0.39 is 0 Å². The van der Waals surface area contributed by atoms with Gasteiger partial charge in [0, 0.05) is 57.6 Å². The van der Waals surface area contributed by atoms with E-state index in [-0.39, 0.29) is 0 Å². The molecule has 2 saturated heterocycles. The average molecular weight is 356 g/mol. The topological polar surface area (TPSA) is 76.4 Å². The summed E-state index contributed by atoms with van der Waals surface area (Å²) in [7, 11) is 1.69. The summed E-state index contributed by atoms with van der Waals surface area (Å²) in [6.45, 7) is 5.03. The van der Waals surface area contributed by atoms with Gasteiger partial charge in [-0.1, -0.05) is 0 Å². The molecule has 8 heteroatoms. The van der Waals surface area contributed by atoms with Crippen LogP contribution in [0.25, 0.3) is 11.2 Å². The fraction of sp³-hybridized carbons (Fsp3) is 0.667. The second kappa shape index (κ2) is 6.19. The molecule has 0 bridgehead atoms. The lowest BCUT2D eigenvalue weighted by Crippen LogP contribution is -2.34. The average Bonchev–Trinajstić information content (AvgIpc) is 3.12. The van der Waals surface area contributed by atoms with E-state index in [2.05, 4.69) is 24.8 Å². The largest absolute Gasteiger partial charge is 0.383 e. The molecule has 2 atom stereocenters. The van der Waals surface area contributed by atoms with Crippen LogP contribution in [0.5, 0.6) is 0 Å². The first kappa shape index (κ1) is 16.0. The molecule has 0 aromatic carbocycles. The summed E-state index contributed by atoms with van der Waals surface area (Å²) in [6, 6.07) is 0. The maximum Gasteiger partial charge on any atom is 0.225 e. The fourth-order valence-electron chi connectivity index (χ4n) is 4.39. The first-order valence-corrected chi connectivity index (χ1v) is 9.43. The number of hydrogen-bond acceptors (Lipinski definition) is 6. The number of rotatable bonds is 5. The van der Waals surface area contributed by atoms with Crippen molar-refractivity contribution in [2.45, 2.75) is 19.4 Å². The van der Waals surface area contributed by atoms with Gasteiger partial charge in [0.1, 0.15) is 6.33 Å². The van der Waals surface area contributed by atoms with Crippen molar-refractivity contribution in [2.24, 2.45) is 17.8 Å². The molecule has 0 radical (unpaired) electrons. The molecule has 2 aliphatic heterocycles. The van der Waals surface area contributed by atoms with Gasteiger partial charge in [-0.05, 0) is 12.8 Å². The van der Waals surface area contributed by atoms with E-state index >= 15 is 0 Å². The third-order valence-corrected chi connectivity index (χ3v) is 5.94. The van der Waals surface area contributed by atoms with E-state index in [1.165, 1.54) is 0 Å². The van der Waals surface area contributed by atoms with Crippen LogP contribution >= 0.6 is 0 Å². The molecule has 26 heavy (non-hydrogen) atoms. The molecule has 1 amide bonds. The third-order valence-electron chi connectivity index (χ3n) is 5.94. The molecule has 2 aromatic heterocycles. The lowest BCUT2D eigenvalue weighted by molar-refractivity contribution is -0.131. The Morgan fingerprint density at radius 2 is 1.92 bits per heavy atom. The summed E-state index contributed by atoms with van der Waals surface area (Å²) < 4.78 is 7.17. The van der Waals surface area contributed by atoms with Gasteiger partial charge in [0.25, 0.3) is 0 Å². The van der Waals surface area contributed by atoms with E-state index in [4.69, 9.17) is 4.74 Å². The van der Waals surface area contributed by atoms with Crippen LogP contribution in [-0.4, -0.2) is 70.2 Å². The normalized spacial score (nSPS) is 25.3. The molecule has 2 aromatic rings. The van der Waals surface area contributed by atoms with Crippen molar-refractivity contribution in [3.8, 4) is 0 Å². The summed E-state index contributed by atoms with van der Waals surface area (Å²) in [5.74, 6) is 2.70. The Kier molecular flexibility index (Phi) is 3.81. The number of likely N-dealkylation sites (tertiary alicyclic amines) is 1. The number of hydrogen-bond donors (Lipinski definition) is 0. The summed E-state index contributed by atoms with van der Waals surface area (Å²) in [4.78, 5) is 30.2. The van der Waals surface area contributed by atoms with Crippen molar-refractivity contribution in [1.82, 2.24) is 24.4 Å². The molecule has 1 aliphatic carbocycles. The highest BCUT2D eigenvalue weighted by molar-refractivity contribution is 5.84. The Balaban J connectivity index is 1.33. The number of anilines is 1. The van der Waals surface area contributed by atoms with Crippen molar-refractivity contribution in [2.75, 3.05) is 44.8 Å². The van der Waals surface area contributed by atoms with Gasteiger partial charge in [0.15, 0.2) is 17.0 Å². The molecular formula is C18H24N6O2. The fourth-order valence-corrected chi connectivity index (χ4v) is 4.39. The quantitative estimate of drug-likeness (QED) is 0.788. The molecule has 3 aliphatic rings. The molecule has 0 N–H and O–H groups in total. The molecule has 5 rings (SSSR count). The van der Waals surface area contributed by atoms with E-state index in [1.54, 1.807) is 13.4 Å². The molecule has 8 nitrogen and oxygen atoms in total. The second-order valence-corrected chi connectivity index (χ2v) is 7.74. The van der Waals surface area contributed by atoms with Gasteiger partial charge in [0.2, 0.25) is 5.91 Å². The van der Waals surface area contributed by atoms with Gasteiger partial charge in [-0.2, -0.15) is 0 Å². The minimum absolute atomic E-state index is 0.322. The zero-order chi connectivity index (χ0) is 17.7. The molecule has 3 fully saturated rings. The zero-order valence-electron chi connectivity index (χ0n) is 15.0.